The van der Waals surface area contributed by atoms with Crippen LogP contribution in [0, 0.1) is 0 Å². The zero-order valence-electron chi connectivity index (χ0n) is 32.1. The zero-order valence-corrected chi connectivity index (χ0v) is 33.7. The number of benzene rings is 4. The van der Waals surface area contributed by atoms with E-state index >= 15 is 0 Å². The molecule has 4 aromatic carbocycles. The highest BCUT2D eigenvalue weighted by Gasteiger charge is 2.39. The van der Waals surface area contributed by atoms with E-state index in [0.29, 0.717) is 30.3 Å². The lowest BCUT2D eigenvalue weighted by molar-refractivity contribution is -0.134. The molecule has 2 unspecified atom stereocenters. The highest BCUT2D eigenvalue weighted by molar-refractivity contribution is 7.99. The Labute approximate surface area is 339 Å². The van der Waals surface area contributed by atoms with E-state index in [9.17, 15) is 9.59 Å². The minimum Gasteiger partial charge on any atom is -0.478 e. The number of rotatable bonds is 6. The molecule has 11 nitrogen and oxygen atoms in total. The molecule has 3 fully saturated rings. The summed E-state index contributed by atoms with van der Waals surface area (Å²) in [6.45, 7) is 2.35. The summed E-state index contributed by atoms with van der Waals surface area (Å²) in [5, 5.41) is 15.6. The average Bonchev–Trinajstić information content (AvgIpc) is 3.38. The number of nitrogens with zero attached hydrogens (tertiary/aromatic N) is 2. The van der Waals surface area contributed by atoms with Gasteiger partial charge in [-0.2, -0.15) is 8.42 Å². The monoisotopic (exact) mass is 814 g/mol. The number of fused-ring (bicyclic) bond motifs is 4. The molecule has 4 aliphatic rings. The molecule has 4 heterocycles. The van der Waals surface area contributed by atoms with Gasteiger partial charge in [-0.3, -0.25) is 9.11 Å². The molecule has 0 spiro atoms. The van der Waals surface area contributed by atoms with Gasteiger partial charge in [0.25, 0.3) is 0 Å². The maximum Gasteiger partial charge on any atom is 0.394 e. The van der Waals surface area contributed by atoms with Crippen molar-refractivity contribution in [2.45, 2.75) is 72.6 Å². The van der Waals surface area contributed by atoms with Crippen molar-refractivity contribution in [1.82, 2.24) is 9.80 Å². The van der Waals surface area contributed by atoms with E-state index in [4.69, 9.17) is 32.5 Å². The minimum atomic E-state index is -4.67. The van der Waals surface area contributed by atoms with Gasteiger partial charge in [0.2, 0.25) is 0 Å². The number of carbonyl (C=O) groups is 2. The molecule has 2 bridgehead atoms. The quantitative estimate of drug-likeness (QED) is 0.0962. The van der Waals surface area contributed by atoms with E-state index in [1.807, 2.05) is 11.8 Å². The van der Waals surface area contributed by atoms with Crippen molar-refractivity contribution < 1.29 is 42.1 Å². The van der Waals surface area contributed by atoms with Gasteiger partial charge in [0, 0.05) is 47.1 Å². The topological polar surface area (TPSA) is 165 Å². The van der Waals surface area contributed by atoms with Gasteiger partial charge in [0.15, 0.2) is 0 Å². The van der Waals surface area contributed by atoms with Crippen LogP contribution >= 0.6 is 11.8 Å². The molecule has 3 saturated heterocycles. The van der Waals surface area contributed by atoms with Crippen LogP contribution in [0.15, 0.2) is 137 Å². The molecule has 2 atom stereocenters. The van der Waals surface area contributed by atoms with Gasteiger partial charge in [-0.15, -0.1) is 0 Å². The summed E-state index contributed by atoms with van der Waals surface area (Å²) < 4.78 is 38.2. The lowest BCUT2D eigenvalue weighted by Gasteiger charge is -2.38. The van der Waals surface area contributed by atoms with Gasteiger partial charge in [0.1, 0.15) is 6.10 Å². The Morgan fingerprint density at radius 2 is 1.11 bits per heavy atom. The molecule has 0 radical (unpaired) electrons. The SMILES string of the molecule is CN1C2CCC1CC(OC(c1ccccc1)c1ccccc1)C2.CN1CCC(=C2c3ccccc3Sc3ccccc32)CC1.O=C(O)C=CC(=O)O.O=S(=O)(O)O. The third kappa shape index (κ3) is 13.2. The van der Waals surface area contributed by atoms with Crippen LogP contribution in [0.3, 0.4) is 0 Å². The van der Waals surface area contributed by atoms with E-state index < -0.39 is 22.3 Å². The fourth-order valence-electron chi connectivity index (χ4n) is 7.72. The van der Waals surface area contributed by atoms with Crippen LogP contribution in [0.4, 0.5) is 0 Å². The molecule has 0 aliphatic carbocycles. The van der Waals surface area contributed by atoms with E-state index in [1.54, 1.807) is 5.57 Å². The van der Waals surface area contributed by atoms with Crippen molar-refractivity contribution >= 4 is 39.7 Å². The highest BCUT2D eigenvalue weighted by Crippen LogP contribution is 2.47. The molecule has 302 valence electrons. The van der Waals surface area contributed by atoms with Crippen LogP contribution < -0.4 is 0 Å². The van der Waals surface area contributed by atoms with E-state index in [-0.39, 0.29) is 6.10 Å². The molecule has 0 aromatic heterocycles. The number of likely N-dealkylation sites (tertiary alicyclic amines) is 1. The number of aliphatic carboxylic acids is 2. The normalized spacial score (nSPS) is 20.2. The van der Waals surface area contributed by atoms with Crippen molar-refractivity contribution in [3.63, 3.8) is 0 Å². The largest absolute Gasteiger partial charge is 0.478 e. The maximum atomic E-state index is 9.55. The van der Waals surface area contributed by atoms with E-state index in [2.05, 4.69) is 133 Å². The highest BCUT2D eigenvalue weighted by atomic mass is 32.3. The molecule has 13 heteroatoms. The van der Waals surface area contributed by atoms with E-state index in [0.717, 1.165) is 0 Å². The van der Waals surface area contributed by atoms with Crippen LogP contribution in [0.1, 0.15) is 66.9 Å². The number of ether oxygens (including phenoxy) is 1. The Hall–Kier alpha value is -4.60. The molecular formula is C44H50N2O9S2. The first kappa shape index (κ1) is 43.5. The van der Waals surface area contributed by atoms with Gasteiger partial charge in [0.05, 0.1) is 6.10 Å². The van der Waals surface area contributed by atoms with Crippen LogP contribution in [0.2, 0.25) is 0 Å². The van der Waals surface area contributed by atoms with Crippen molar-refractivity contribution in [3.8, 4) is 0 Å². The second-order valence-electron chi connectivity index (χ2n) is 14.3. The first-order valence-electron chi connectivity index (χ1n) is 18.8. The van der Waals surface area contributed by atoms with Crippen LogP contribution in [-0.4, -0.2) is 94.8 Å². The second kappa shape index (κ2) is 20.7. The van der Waals surface area contributed by atoms with Gasteiger partial charge in [-0.05, 0) is 92.6 Å². The molecule has 4 aliphatic heterocycles. The summed E-state index contributed by atoms with van der Waals surface area (Å²) in [5.41, 5.74) is 8.51. The number of piperidine rings is 2. The fraction of sp³-hybridized carbons (Fsp3) is 0.318. The summed E-state index contributed by atoms with van der Waals surface area (Å²) in [4.78, 5) is 26.9. The van der Waals surface area contributed by atoms with Crippen LogP contribution in [-0.2, 0) is 24.7 Å². The summed E-state index contributed by atoms with van der Waals surface area (Å²) in [7, 11) is -0.162. The third-order valence-electron chi connectivity index (χ3n) is 10.4. The summed E-state index contributed by atoms with van der Waals surface area (Å²) in [6, 6.07) is 40.4. The first-order valence-corrected chi connectivity index (χ1v) is 21.1. The molecule has 0 saturated carbocycles. The zero-order chi connectivity index (χ0) is 41.0. The summed E-state index contributed by atoms with van der Waals surface area (Å²) >= 11 is 1.91. The Kier molecular flexibility index (Phi) is 15.8. The van der Waals surface area contributed by atoms with Crippen LogP contribution in [0.5, 0.6) is 0 Å². The third-order valence-corrected chi connectivity index (χ3v) is 11.6. The molecule has 57 heavy (non-hydrogen) atoms. The van der Waals surface area contributed by atoms with Gasteiger partial charge >= 0.3 is 22.3 Å². The van der Waals surface area contributed by atoms with Crippen molar-refractivity contribution in [2.24, 2.45) is 0 Å². The first-order chi connectivity index (χ1) is 27.3. The maximum absolute atomic E-state index is 9.55. The molecular weight excluding hydrogens is 765 g/mol. The molecule has 4 N–H and O–H groups in total. The summed E-state index contributed by atoms with van der Waals surface area (Å²) in [6.07, 6.45) is 8.93. The predicted molar refractivity (Wildman–Crippen MR) is 222 cm³/mol. The Balaban J connectivity index is 0.000000168. The number of hydrogen-bond acceptors (Lipinski definition) is 8. The van der Waals surface area contributed by atoms with Crippen molar-refractivity contribution in [3.05, 3.63) is 149 Å². The lowest BCUT2D eigenvalue weighted by Crippen LogP contribution is -2.43. The Morgan fingerprint density at radius 3 is 1.53 bits per heavy atom. The summed E-state index contributed by atoms with van der Waals surface area (Å²) in [5.74, 6) is -2.51. The minimum absolute atomic E-state index is 0.0465. The second-order valence-corrected chi connectivity index (χ2v) is 16.3. The molecule has 4 aromatic rings. The molecule has 0 amide bonds. The lowest BCUT2D eigenvalue weighted by atomic mass is 9.88. The van der Waals surface area contributed by atoms with Crippen molar-refractivity contribution in [1.29, 1.82) is 0 Å². The van der Waals surface area contributed by atoms with E-state index in [1.165, 1.54) is 89.2 Å². The van der Waals surface area contributed by atoms with Gasteiger partial charge in [-0.1, -0.05) is 114 Å². The molecule has 8 rings (SSSR count). The number of carboxylic acid groups (broad SMARTS) is 2. The fourth-order valence-corrected chi connectivity index (χ4v) is 8.81. The number of carboxylic acids is 2. The smallest absolute Gasteiger partial charge is 0.394 e. The van der Waals surface area contributed by atoms with Crippen molar-refractivity contribution in [2.75, 3.05) is 27.2 Å². The average molecular weight is 815 g/mol. The Bertz CT molecular complexity index is 1990. The predicted octanol–water partition coefficient (Wildman–Crippen LogP) is 8.16. The van der Waals surface area contributed by atoms with Gasteiger partial charge < -0.3 is 24.7 Å². The van der Waals surface area contributed by atoms with Crippen LogP contribution in [0.25, 0.3) is 5.57 Å². The Morgan fingerprint density at radius 1 is 0.702 bits per heavy atom. The standard InChI is InChI=1S/C21H25NO.C19H19NS.C4H4O4.H2O4S/c1-22-18-12-13-19(22)15-20(14-18)23-21(16-8-4-2-5-9-16)17-10-6-3-7-11-17;1-20-12-10-14(11-13-20)19-15-6-2-4-8-17(15)21-18-9-5-3-7-16(18)19;5-3(6)1-2-4(7)8;1-5(2,3)4/h2-11,18-21H,12-15H2,1H3;2-9H,10-13H2,1H3;1-2H,(H,5,6)(H,7,8);(H2,1,2,3,4). The number of hydrogen-bond donors (Lipinski definition) is 4. The van der Waals surface area contributed by atoms with Gasteiger partial charge in [-0.25, -0.2) is 9.59 Å².